The SMILES string of the molecule is CCCC(CCC)Oc1ccc(-n2nc[nH]c2=O)cc1. The molecule has 0 amide bonds. The molecule has 1 heterocycles. The highest BCUT2D eigenvalue weighted by Gasteiger charge is 2.09. The zero-order chi connectivity index (χ0) is 14.4. The van der Waals surface area contributed by atoms with Crippen LogP contribution in [0.3, 0.4) is 0 Å². The first-order chi connectivity index (χ1) is 9.74. The molecule has 0 saturated heterocycles. The van der Waals surface area contributed by atoms with Crippen LogP contribution in [0.25, 0.3) is 5.69 Å². The Hall–Kier alpha value is -2.04. The maximum atomic E-state index is 11.5. The molecular weight excluding hydrogens is 254 g/mol. The lowest BCUT2D eigenvalue weighted by molar-refractivity contribution is 0.179. The van der Waals surface area contributed by atoms with Gasteiger partial charge < -0.3 is 4.74 Å². The molecule has 0 bridgehead atoms. The fourth-order valence-electron chi connectivity index (χ4n) is 2.20. The van der Waals surface area contributed by atoms with Gasteiger partial charge in [-0.3, -0.25) is 4.98 Å². The molecule has 5 heteroatoms. The average Bonchev–Trinajstić information content (AvgIpc) is 2.86. The van der Waals surface area contributed by atoms with Gasteiger partial charge in [-0.1, -0.05) is 26.7 Å². The number of nitrogens with one attached hydrogen (secondary N) is 1. The number of ether oxygens (including phenoxy) is 1. The fourth-order valence-corrected chi connectivity index (χ4v) is 2.20. The number of aromatic amines is 1. The molecule has 0 fully saturated rings. The van der Waals surface area contributed by atoms with Gasteiger partial charge in [0.25, 0.3) is 0 Å². The Labute approximate surface area is 118 Å². The molecule has 5 nitrogen and oxygen atoms in total. The van der Waals surface area contributed by atoms with E-state index in [9.17, 15) is 4.79 Å². The molecule has 108 valence electrons. The molecule has 1 aromatic carbocycles. The van der Waals surface area contributed by atoms with Crippen molar-refractivity contribution in [2.75, 3.05) is 0 Å². The highest BCUT2D eigenvalue weighted by Crippen LogP contribution is 2.18. The van der Waals surface area contributed by atoms with E-state index in [2.05, 4.69) is 23.9 Å². The third-order valence-corrected chi connectivity index (χ3v) is 3.16. The lowest BCUT2D eigenvalue weighted by atomic mass is 10.1. The Balaban J connectivity index is 2.08. The number of aromatic nitrogens is 3. The minimum Gasteiger partial charge on any atom is -0.490 e. The van der Waals surface area contributed by atoms with Crippen LogP contribution in [0.2, 0.25) is 0 Å². The van der Waals surface area contributed by atoms with Crippen LogP contribution in [-0.4, -0.2) is 20.9 Å². The third kappa shape index (κ3) is 3.50. The van der Waals surface area contributed by atoms with Gasteiger partial charge >= 0.3 is 5.69 Å². The molecule has 0 saturated carbocycles. The molecule has 0 spiro atoms. The fraction of sp³-hybridized carbons (Fsp3) is 0.467. The standard InChI is InChI=1S/C15H21N3O2/c1-3-5-13(6-4-2)20-14-9-7-12(8-10-14)18-15(19)16-11-17-18/h7-11,13H,3-6H2,1-2H3,(H,16,17,19). The van der Waals surface area contributed by atoms with Gasteiger partial charge in [-0.05, 0) is 37.1 Å². The molecule has 2 aromatic rings. The van der Waals surface area contributed by atoms with Gasteiger partial charge in [-0.15, -0.1) is 0 Å². The highest BCUT2D eigenvalue weighted by atomic mass is 16.5. The van der Waals surface area contributed by atoms with Crippen LogP contribution in [0.5, 0.6) is 5.75 Å². The molecule has 1 N–H and O–H groups in total. The second kappa shape index (κ2) is 6.93. The topological polar surface area (TPSA) is 59.9 Å². The molecule has 0 aliphatic heterocycles. The second-order valence-electron chi connectivity index (χ2n) is 4.82. The van der Waals surface area contributed by atoms with E-state index in [4.69, 9.17) is 4.74 Å². The number of hydrogen-bond acceptors (Lipinski definition) is 3. The largest absolute Gasteiger partial charge is 0.490 e. The molecule has 0 aliphatic rings. The summed E-state index contributed by atoms with van der Waals surface area (Å²) in [5.74, 6) is 0.837. The summed E-state index contributed by atoms with van der Waals surface area (Å²) in [6.45, 7) is 4.33. The summed E-state index contributed by atoms with van der Waals surface area (Å²) in [5, 5.41) is 3.94. The van der Waals surface area contributed by atoms with Crippen molar-refractivity contribution in [3.8, 4) is 11.4 Å². The summed E-state index contributed by atoms with van der Waals surface area (Å²) in [6, 6.07) is 7.45. The summed E-state index contributed by atoms with van der Waals surface area (Å²) in [7, 11) is 0. The van der Waals surface area contributed by atoms with Gasteiger partial charge in [-0.25, -0.2) is 4.79 Å². The maximum absolute atomic E-state index is 11.5. The van der Waals surface area contributed by atoms with Gasteiger partial charge in [0.15, 0.2) is 0 Å². The summed E-state index contributed by atoms with van der Waals surface area (Å²) in [5.41, 5.74) is 0.486. The minimum absolute atomic E-state index is 0.242. The van der Waals surface area contributed by atoms with Crippen LogP contribution in [-0.2, 0) is 0 Å². The average molecular weight is 275 g/mol. The molecule has 0 atom stereocenters. The van der Waals surface area contributed by atoms with Crippen LogP contribution >= 0.6 is 0 Å². The first kappa shape index (κ1) is 14.4. The van der Waals surface area contributed by atoms with Crippen molar-refractivity contribution in [3.05, 3.63) is 41.1 Å². The Morgan fingerprint density at radius 1 is 1.20 bits per heavy atom. The summed E-state index contributed by atoms with van der Waals surface area (Å²) < 4.78 is 7.30. The van der Waals surface area contributed by atoms with E-state index in [0.717, 1.165) is 37.1 Å². The van der Waals surface area contributed by atoms with Crippen LogP contribution < -0.4 is 10.4 Å². The van der Waals surface area contributed by atoms with E-state index in [1.807, 2.05) is 24.3 Å². The molecule has 20 heavy (non-hydrogen) atoms. The zero-order valence-corrected chi connectivity index (χ0v) is 12.0. The lowest BCUT2D eigenvalue weighted by Crippen LogP contribution is -2.17. The summed E-state index contributed by atoms with van der Waals surface area (Å²) >= 11 is 0. The quantitative estimate of drug-likeness (QED) is 0.845. The van der Waals surface area contributed by atoms with Crippen molar-refractivity contribution in [3.63, 3.8) is 0 Å². The number of H-pyrrole nitrogens is 1. The van der Waals surface area contributed by atoms with Crippen molar-refractivity contribution >= 4 is 0 Å². The van der Waals surface area contributed by atoms with Crippen molar-refractivity contribution < 1.29 is 4.74 Å². The Bertz CT molecular complexity index is 565. The molecule has 0 unspecified atom stereocenters. The van der Waals surface area contributed by atoms with Crippen molar-refractivity contribution in [2.24, 2.45) is 0 Å². The van der Waals surface area contributed by atoms with Gasteiger partial charge in [0.1, 0.15) is 12.1 Å². The van der Waals surface area contributed by atoms with E-state index < -0.39 is 0 Å². The number of nitrogens with zero attached hydrogens (tertiary/aromatic N) is 2. The third-order valence-electron chi connectivity index (χ3n) is 3.16. The molecule has 1 aromatic heterocycles. The summed E-state index contributed by atoms with van der Waals surface area (Å²) in [4.78, 5) is 14.0. The predicted molar refractivity (Wildman–Crippen MR) is 78.4 cm³/mol. The Morgan fingerprint density at radius 3 is 2.35 bits per heavy atom. The van der Waals surface area contributed by atoms with E-state index >= 15 is 0 Å². The van der Waals surface area contributed by atoms with Crippen molar-refractivity contribution in [1.29, 1.82) is 0 Å². The van der Waals surface area contributed by atoms with E-state index in [1.165, 1.54) is 11.0 Å². The van der Waals surface area contributed by atoms with Crippen LogP contribution in [0.15, 0.2) is 35.4 Å². The van der Waals surface area contributed by atoms with Crippen LogP contribution in [0.1, 0.15) is 39.5 Å². The van der Waals surface area contributed by atoms with Crippen molar-refractivity contribution in [2.45, 2.75) is 45.6 Å². The normalized spacial score (nSPS) is 10.9. The van der Waals surface area contributed by atoms with Gasteiger partial charge in [0.2, 0.25) is 0 Å². The van der Waals surface area contributed by atoms with Crippen molar-refractivity contribution in [1.82, 2.24) is 14.8 Å². The zero-order valence-electron chi connectivity index (χ0n) is 12.0. The van der Waals surface area contributed by atoms with Gasteiger partial charge in [0.05, 0.1) is 11.8 Å². The monoisotopic (exact) mass is 275 g/mol. The molecule has 0 aliphatic carbocycles. The molecule has 0 radical (unpaired) electrons. The first-order valence-corrected chi connectivity index (χ1v) is 7.14. The Kier molecular flexibility index (Phi) is 4.98. The summed E-state index contributed by atoms with van der Waals surface area (Å²) in [6.07, 6.45) is 6.01. The predicted octanol–water partition coefficient (Wildman–Crippen LogP) is 2.91. The number of hydrogen-bond donors (Lipinski definition) is 1. The van der Waals surface area contributed by atoms with E-state index in [0.29, 0.717) is 0 Å². The van der Waals surface area contributed by atoms with Gasteiger partial charge in [0, 0.05) is 0 Å². The minimum atomic E-state index is -0.242. The second-order valence-corrected chi connectivity index (χ2v) is 4.82. The van der Waals surface area contributed by atoms with E-state index in [1.54, 1.807) is 0 Å². The van der Waals surface area contributed by atoms with Gasteiger partial charge in [-0.2, -0.15) is 9.78 Å². The molecular formula is C15H21N3O2. The number of benzene rings is 1. The first-order valence-electron chi connectivity index (χ1n) is 7.14. The van der Waals surface area contributed by atoms with Crippen LogP contribution in [0, 0.1) is 0 Å². The smallest absolute Gasteiger partial charge is 0.347 e. The van der Waals surface area contributed by atoms with E-state index in [-0.39, 0.29) is 11.8 Å². The molecule has 2 rings (SSSR count). The highest BCUT2D eigenvalue weighted by molar-refractivity contribution is 5.36. The Morgan fingerprint density at radius 2 is 1.85 bits per heavy atom. The van der Waals surface area contributed by atoms with Crippen LogP contribution in [0.4, 0.5) is 0 Å². The number of rotatable bonds is 7. The lowest BCUT2D eigenvalue weighted by Gasteiger charge is -2.18. The maximum Gasteiger partial charge on any atom is 0.347 e.